The fourth-order valence-electron chi connectivity index (χ4n) is 4.94. The molecular formula is C36H46O6S2. The maximum Gasteiger partial charge on any atom is 0.127 e. The van der Waals surface area contributed by atoms with Crippen LogP contribution in [0.15, 0.2) is 36.4 Å². The molecule has 6 nitrogen and oxygen atoms in total. The van der Waals surface area contributed by atoms with E-state index < -0.39 is 0 Å². The number of methoxy groups -OCH3 is 2. The molecule has 4 aromatic rings. The first kappa shape index (κ1) is 34.2. The van der Waals surface area contributed by atoms with Crippen LogP contribution in [0, 0.1) is 41.5 Å². The molecule has 0 saturated carbocycles. The van der Waals surface area contributed by atoms with E-state index in [1.54, 1.807) is 14.2 Å². The lowest BCUT2D eigenvalue weighted by Crippen LogP contribution is -2.11. The van der Waals surface area contributed by atoms with Gasteiger partial charge in [0.25, 0.3) is 0 Å². The van der Waals surface area contributed by atoms with Crippen LogP contribution >= 0.6 is 22.7 Å². The lowest BCUT2D eigenvalue weighted by atomic mass is 9.97. The monoisotopic (exact) mass is 638 g/mol. The first-order chi connectivity index (χ1) is 21.3. The van der Waals surface area contributed by atoms with E-state index in [4.69, 9.17) is 28.4 Å². The summed E-state index contributed by atoms with van der Waals surface area (Å²) < 4.78 is 34.1. The highest BCUT2D eigenvalue weighted by molar-refractivity contribution is 7.24. The van der Waals surface area contributed by atoms with Crippen molar-refractivity contribution in [2.45, 2.75) is 41.5 Å². The second-order valence-corrected chi connectivity index (χ2v) is 13.1. The first-order valence-electron chi connectivity index (χ1n) is 15.1. The second kappa shape index (κ2) is 16.5. The molecule has 0 radical (unpaired) electrons. The molecule has 2 heterocycles. The molecule has 0 spiro atoms. The Hall–Kier alpha value is -2.72. The predicted octanol–water partition coefficient (Wildman–Crippen LogP) is 8.74. The Morgan fingerprint density at radius 2 is 1.00 bits per heavy atom. The molecule has 0 fully saturated rings. The topological polar surface area (TPSA) is 55.4 Å². The number of ether oxygens (including phenoxy) is 6. The number of aryl methyl sites for hydroxylation is 2. The van der Waals surface area contributed by atoms with E-state index in [1.165, 1.54) is 47.3 Å². The third-order valence-corrected chi connectivity index (χ3v) is 10.8. The fraction of sp³-hybridized carbons (Fsp3) is 0.444. The highest BCUT2D eigenvalue weighted by atomic mass is 32.1. The van der Waals surface area contributed by atoms with E-state index in [0.29, 0.717) is 52.9 Å². The summed E-state index contributed by atoms with van der Waals surface area (Å²) in [6.07, 6.45) is 0. The molecule has 238 valence electrons. The van der Waals surface area contributed by atoms with Gasteiger partial charge in [0, 0.05) is 44.9 Å². The summed E-state index contributed by atoms with van der Waals surface area (Å²) in [4.78, 5) is 5.40. The number of rotatable bonds is 17. The van der Waals surface area contributed by atoms with Crippen molar-refractivity contribution in [3.8, 4) is 42.8 Å². The van der Waals surface area contributed by atoms with Crippen molar-refractivity contribution >= 4 is 22.7 Å². The smallest absolute Gasteiger partial charge is 0.127 e. The largest absolute Gasteiger partial charge is 0.491 e. The van der Waals surface area contributed by atoms with E-state index in [9.17, 15) is 0 Å². The zero-order valence-corrected chi connectivity index (χ0v) is 29.0. The van der Waals surface area contributed by atoms with Gasteiger partial charge in [0.1, 0.15) is 24.7 Å². The summed E-state index contributed by atoms with van der Waals surface area (Å²) in [5.41, 5.74) is 9.72. The number of thiophene rings is 2. The molecule has 2 aromatic heterocycles. The van der Waals surface area contributed by atoms with Crippen LogP contribution in [0.2, 0.25) is 0 Å². The van der Waals surface area contributed by atoms with Gasteiger partial charge in [0.2, 0.25) is 0 Å². The van der Waals surface area contributed by atoms with Gasteiger partial charge < -0.3 is 28.4 Å². The van der Waals surface area contributed by atoms with Crippen LogP contribution < -0.4 is 9.47 Å². The lowest BCUT2D eigenvalue weighted by Gasteiger charge is -2.18. The molecule has 0 saturated heterocycles. The minimum Gasteiger partial charge on any atom is -0.491 e. The van der Waals surface area contributed by atoms with Crippen LogP contribution in [0.5, 0.6) is 11.5 Å². The van der Waals surface area contributed by atoms with Gasteiger partial charge in [0.15, 0.2) is 0 Å². The van der Waals surface area contributed by atoms with E-state index in [1.807, 2.05) is 28.7 Å². The maximum atomic E-state index is 6.33. The molecule has 4 rings (SSSR count). The Morgan fingerprint density at radius 3 is 1.57 bits per heavy atom. The normalized spacial score (nSPS) is 11.4. The second-order valence-electron chi connectivity index (χ2n) is 10.9. The quantitative estimate of drug-likeness (QED) is 0.108. The van der Waals surface area contributed by atoms with Crippen LogP contribution in [0.1, 0.15) is 32.7 Å². The minimum absolute atomic E-state index is 0.434. The Balaban J connectivity index is 1.71. The third-order valence-electron chi connectivity index (χ3n) is 7.84. The van der Waals surface area contributed by atoms with Gasteiger partial charge in [-0.2, -0.15) is 0 Å². The Bertz CT molecular complexity index is 1520. The minimum atomic E-state index is 0.434. The molecule has 0 atom stereocenters. The molecule has 0 aliphatic rings. The summed E-state index contributed by atoms with van der Waals surface area (Å²) in [5, 5.41) is 0. The average molecular weight is 639 g/mol. The third kappa shape index (κ3) is 8.30. The summed E-state index contributed by atoms with van der Waals surface area (Å²) in [6, 6.07) is 12.8. The van der Waals surface area contributed by atoms with Gasteiger partial charge in [-0.1, -0.05) is 11.6 Å². The predicted molar refractivity (Wildman–Crippen MR) is 183 cm³/mol. The summed E-state index contributed by atoms with van der Waals surface area (Å²) in [7, 11) is 3.34. The van der Waals surface area contributed by atoms with Gasteiger partial charge in [0.05, 0.1) is 39.6 Å². The zero-order valence-electron chi connectivity index (χ0n) is 27.4. The molecule has 0 amide bonds. The molecule has 0 N–H and O–H groups in total. The lowest BCUT2D eigenvalue weighted by molar-refractivity contribution is 0.0542. The van der Waals surface area contributed by atoms with Crippen molar-refractivity contribution in [3.05, 3.63) is 69.1 Å². The van der Waals surface area contributed by atoms with Crippen LogP contribution in [0.3, 0.4) is 0 Å². The van der Waals surface area contributed by atoms with Gasteiger partial charge >= 0.3 is 0 Å². The van der Waals surface area contributed by atoms with Crippen molar-refractivity contribution in [1.82, 2.24) is 0 Å². The van der Waals surface area contributed by atoms with Crippen LogP contribution in [-0.2, 0) is 18.9 Å². The molecule has 8 heteroatoms. The molecular weight excluding hydrogens is 593 g/mol. The summed E-state index contributed by atoms with van der Waals surface area (Å²) in [5.74, 6) is 1.59. The van der Waals surface area contributed by atoms with Crippen LogP contribution in [0.4, 0.5) is 0 Å². The number of hydrogen-bond donors (Lipinski definition) is 0. The van der Waals surface area contributed by atoms with E-state index in [2.05, 4.69) is 71.9 Å². The standard InChI is InChI=1S/C36H46O6S2/c1-23-9-11-32(41-19-17-39-15-13-37-7)30(21-23)31-22-29(10-12-33(31)42-20-18-40-16-14-38-8)34-26(4)27(5)36(44-34)35-25(3)24(2)28(6)43-35/h9-12,21-22H,13-20H2,1-8H3. The SMILES string of the molecule is COCCOCCOc1ccc(C)cc1-c1cc(-c2sc(-c3sc(C)c(C)c3C)c(C)c2C)ccc1OCCOCCOC. The van der Waals surface area contributed by atoms with Gasteiger partial charge in [-0.15, -0.1) is 22.7 Å². The molecule has 44 heavy (non-hydrogen) atoms. The Kier molecular flexibility index (Phi) is 12.8. The fourth-order valence-corrected chi connectivity index (χ4v) is 7.66. The van der Waals surface area contributed by atoms with Crippen LogP contribution in [-0.4, -0.2) is 67.1 Å². The van der Waals surface area contributed by atoms with Crippen molar-refractivity contribution in [3.63, 3.8) is 0 Å². The first-order valence-corrected chi connectivity index (χ1v) is 16.7. The highest BCUT2D eigenvalue weighted by Gasteiger charge is 2.21. The molecule has 2 aromatic carbocycles. The van der Waals surface area contributed by atoms with Crippen molar-refractivity contribution < 1.29 is 28.4 Å². The maximum absolute atomic E-state index is 6.33. The molecule has 0 bridgehead atoms. The van der Waals surface area contributed by atoms with Crippen molar-refractivity contribution in [2.75, 3.05) is 67.1 Å². The van der Waals surface area contributed by atoms with Crippen LogP contribution in [0.25, 0.3) is 31.3 Å². The van der Waals surface area contributed by atoms with Crippen molar-refractivity contribution in [2.24, 2.45) is 0 Å². The summed E-state index contributed by atoms with van der Waals surface area (Å²) >= 11 is 3.78. The Morgan fingerprint density at radius 1 is 0.500 bits per heavy atom. The zero-order chi connectivity index (χ0) is 31.6. The van der Waals surface area contributed by atoms with E-state index >= 15 is 0 Å². The van der Waals surface area contributed by atoms with Crippen molar-refractivity contribution in [1.29, 1.82) is 0 Å². The van der Waals surface area contributed by atoms with Gasteiger partial charge in [-0.05, 0) is 99.7 Å². The number of hydrogen-bond acceptors (Lipinski definition) is 8. The molecule has 0 unspecified atom stereocenters. The molecule has 0 aliphatic carbocycles. The van der Waals surface area contributed by atoms with E-state index in [-0.39, 0.29) is 0 Å². The van der Waals surface area contributed by atoms with Gasteiger partial charge in [-0.3, -0.25) is 0 Å². The van der Waals surface area contributed by atoms with Gasteiger partial charge in [-0.25, -0.2) is 0 Å². The number of benzene rings is 2. The Labute approximate surface area is 270 Å². The van der Waals surface area contributed by atoms with E-state index in [0.717, 1.165) is 28.2 Å². The highest BCUT2D eigenvalue weighted by Crippen LogP contribution is 2.48. The summed E-state index contributed by atoms with van der Waals surface area (Å²) in [6.45, 7) is 17.3. The average Bonchev–Trinajstić information content (AvgIpc) is 3.45. The molecule has 0 aliphatic heterocycles.